The molecule has 8 nitrogen and oxygen atoms in total. The maximum Gasteiger partial charge on any atom is 0.410 e. The number of nitrogens with two attached hydrogens (primary N) is 1. The topological polar surface area (TPSA) is 101 Å². The molecule has 3 aromatic rings. The van der Waals surface area contributed by atoms with Crippen molar-refractivity contribution in [1.29, 1.82) is 0 Å². The molecule has 2 amide bonds. The van der Waals surface area contributed by atoms with Gasteiger partial charge >= 0.3 is 6.09 Å². The summed E-state index contributed by atoms with van der Waals surface area (Å²) in [5.74, 6) is -0.465. The predicted molar refractivity (Wildman–Crippen MR) is 156 cm³/mol. The van der Waals surface area contributed by atoms with E-state index in [0.29, 0.717) is 35.8 Å². The molecule has 2 bridgehead atoms. The summed E-state index contributed by atoms with van der Waals surface area (Å²) >= 11 is 1.30. The lowest BCUT2D eigenvalue weighted by Crippen LogP contribution is -2.57. The first-order valence-corrected chi connectivity index (χ1v) is 14.8. The molecule has 3 atom stereocenters. The lowest BCUT2D eigenvalue weighted by molar-refractivity contribution is 0.0123. The van der Waals surface area contributed by atoms with E-state index < -0.39 is 5.60 Å². The molecule has 0 saturated carbocycles. The molecule has 3 N–H and O–H groups in total. The highest BCUT2D eigenvalue weighted by atomic mass is 32.1. The number of nitrogens with zero attached hydrogens (tertiary/aromatic N) is 3. The smallest absolute Gasteiger partial charge is 0.410 e. The largest absolute Gasteiger partial charge is 0.444 e. The normalized spacial score (nSPS) is 22.4. The molecule has 1 aromatic carbocycles. The number of fused-ring (bicyclic) bond motifs is 4. The van der Waals surface area contributed by atoms with Gasteiger partial charge in [0.15, 0.2) is 0 Å². The highest BCUT2D eigenvalue weighted by Crippen LogP contribution is 2.37. The number of benzene rings is 1. The zero-order valence-electron chi connectivity index (χ0n) is 23.4. The average molecular weight is 566 g/mol. The van der Waals surface area contributed by atoms with Crippen molar-refractivity contribution in [3.8, 4) is 0 Å². The Kier molecular flexibility index (Phi) is 6.64. The quantitative estimate of drug-likeness (QED) is 0.453. The number of piperazine rings is 1. The number of pyridine rings is 1. The molecule has 1 aliphatic carbocycles. The van der Waals surface area contributed by atoms with Crippen LogP contribution in [0.15, 0.2) is 24.3 Å². The van der Waals surface area contributed by atoms with Crippen molar-refractivity contribution in [3.05, 3.63) is 51.8 Å². The predicted octanol–water partition coefficient (Wildman–Crippen LogP) is 5.20. The second kappa shape index (κ2) is 9.90. The minimum Gasteiger partial charge on any atom is -0.444 e. The number of nitrogens with one attached hydrogen (secondary N) is 1. The fourth-order valence-electron chi connectivity index (χ4n) is 6.35. The molecule has 212 valence electrons. The number of halogens is 1. The van der Waals surface area contributed by atoms with Crippen LogP contribution in [-0.4, -0.2) is 58.7 Å². The van der Waals surface area contributed by atoms with Crippen molar-refractivity contribution in [1.82, 2.24) is 15.2 Å². The van der Waals surface area contributed by atoms with Crippen LogP contribution in [0.5, 0.6) is 0 Å². The first-order chi connectivity index (χ1) is 19.0. The average Bonchev–Trinajstić information content (AvgIpc) is 3.34. The van der Waals surface area contributed by atoms with Crippen LogP contribution in [0.1, 0.15) is 66.5 Å². The zero-order valence-corrected chi connectivity index (χ0v) is 24.2. The molecular formula is C30H36FN5O3S. The Balaban J connectivity index is 1.14. The van der Waals surface area contributed by atoms with Gasteiger partial charge in [-0.15, -0.1) is 11.3 Å². The summed E-state index contributed by atoms with van der Waals surface area (Å²) in [6.45, 7) is 8.72. The highest BCUT2D eigenvalue weighted by molar-refractivity contribution is 7.21. The minimum absolute atomic E-state index is 0.0177. The van der Waals surface area contributed by atoms with Gasteiger partial charge in [-0.3, -0.25) is 9.69 Å². The molecule has 2 aromatic heterocycles. The van der Waals surface area contributed by atoms with Crippen molar-refractivity contribution in [2.75, 3.05) is 23.7 Å². The van der Waals surface area contributed by atoms with Crippen molar-refractivity contribution in [3.63, 3.8) is 0 Å². The van der Waals surface area contributed by atoms with Crippen molar-refractivity contribution >= 4 is 44.9 Å². The molecule has 2 aliphatic heterocycles. The fourth-order valence-corrected chi connectivity index (χ4v) is 7.40. The summed E-state index contributed by atoms with van der Waals surface area (Å²) in [7, 11) is 0. The molecule has 2 unspecified atom stereocenters. The van der Waals surface area contributed by atoms with Gasteiger partial charge in [-0.25, -0.2) is 14.2 Å². The third-order valence-corrected chi connectivity index (χ3v) is 9.31. The van der Waals surface area contributed by atoms with Gasteiger partial charge < -0.3 is 20.7 Å². The van der Waals surface area contributed by atoms with E-state index in [1.165, 1.54) is 11.3 Å². The number of amides is 2. The van der Waals surface area contributed by atoms with E-state index in [-0.39, 0.29) is 35.9 Å². The molecule has 2 saturated heterocycles. The molecule has 0 radical (unpaired) electrons. The summed E-state index contributed by atoms with van der Waals surface area (Å²) in [4.78, 5) is 35.6. The van der Waals surface area contributed by atoms with E-state index in [4.69, 9.17) is 10.5 Å². The number of hydrogen-bond acceptors (Lipinski definition) is 7. The lowest BCUT2D eigenvalue weighted by atomic mass is 9.87. The second-order valence-corrected chi connectivity index (χ2v) is 13.3. The monoisotopic (exact) mass is 565 g/mol. The Labute approximate surface area is 237 Å². The summed E-state index contributed by atoms with van der Waals surface area (Å²) in [5, 5.41) is 3.92. The number of nitrogen functional groups attached to an aromatic ring is 1. The Morgan fingerprint density at radius 1 is 1.12 bits per heavy atom. The summed E-state index contributed by atoms with van der Waals surface area (Å²) in [5.41, 5.74) is 9.71. The van der Waals surface area contributed by atoms with Crippen LogP contribution in [0, 0.1) is 12.7 Å². The summed E-state index contributed by atoms with van der Waals surface area (Å²) in [6, 6.07) is 7.33. The minimum atomic E-state index is -0.545. The molecule has 6 rings (SSSR count). The number of carbonyl (C=O) groups is 2. The standard InChI is InChI=1S/C30H36FN5O3S/c1-16-5-10-22-25(32)26(40-28(22)33-16)27(37)34-19-7-6-17-13-24(23(31)12-18(17)11-19)35-14-20-8-9-21(15-35)36(20)29(38)39-30(2,3)4/h5,10,12-13,19-21H,6-9,11,14-15,32H2,1-4H3,(H,34,37)/t19-,20?,21?/m1/s1. The van der Waals surface area contributed by atoms with Crippen molar-refractivity contribution in [2.24, 2.45) is 0 Å². The Morgan fingerprint density at radius 2 is 1.85 bits per heavy atom. The van der Waals surface area contributed by atoms with Crippen LogP contribution < -0.4 is 16.0 Å². The van der Waals surface area contributed by atoms with E-state index >= 15 is 4.39 Å². The number of aromatic nitrogens is 1. The van der Waals surface area contributed by atoms with Gasteiger partial charge in [0, 0.05) is 30.2 Å². The maximum absolute atomic E-state index is 15.5. The van der Waals surface area contributed by atoms with Crippen LogP contribution in [-0.2, 0) is 17.6 Å². The molecule has 10 heteroatoms. The van der Waals surface area contributed by atoms with E-state index in [1.54, 1.807) is 6.07 Å². The molecule has 40 heavy (non-hydrogen) atoms. The van der Waals surface area contributed by atoms with E-state index in [9.17, 15) is 9.59 Å². The number of ether oxygens (including phenoxy) is 1. The number of anilines is 2. The number of carbonyl (C=O) groups excluding carboxylic acids is 2. The first kappa shape index (κ1) is 26.8. The molecule has 2 fully saturated rings. The molecule has 3 aliphatic rings. The Bertz CT molecular complexity index is 1480. The second-order valence-electron chi connectivity index (χ2n) is 12.3. The van der Waals surface area contributed by atoms with Crippen molar-refractivity contribution < 1.29 is 18.7 Å². The number of thiophene rings is 1. The van der Waals surface area contributed by atoms with Crippen LogP contribution >= 0.6 is 11.3 Å². The van der Waals surface area contributed by atoms with Crippen LogP contribution in [0.2, 0.25) is 0 Å². The SMILES string of the molecule is Cc1ccc2c(N)c(C(=O)N[C@@H]3CCc4cc(N5CC6CCC(C5)N6C(=O)OC(C)(C)C)c(F)cc4C3)sc2n1. The fraction of sp³-hybridized carbons (Fsp3) is 0.500. The maximum atomic E-state index is 15.5. The number of hydrogen-bond donors (Lipinski definition) is 2. The zero-order chi connectivity index (χ0) is 28.3. The van der Waals surface area contributed by atoms with Gasteiger partial charge in [0.2, 0.25) is 0 Å². The summed E-state index contributed by atoms with van der Waals surface area (Å²) < 4.78 is 21.2. The van der Waals surface area contributed by atoms with Gasteiger partial charge in [-0.1, -0.05) is 0 Å². The number of rotatable bonds is 3. The van der Waals surface area contributed by atoms with Crippen molar-refractivity contribution in [2.45, 2.75) is 83.5 Å². The molecule has 0 spiro atoms. The van der Waals surface area contributed by atoms with Gasteiger partial charge in [-0.05, 0) is 95.2 Å². The molecule has 4 heterocycles. The van der Waals surface area contributed by atoms with E-state index in [0.717, 1.165) is 52.7 Å². The Morgan fingerprint density at radius 3 is 2.55 bits per heavy atom. The van der Waals surface area contributed by atoms with Crippen LogP contribution in [0.4, 0.5) is 20.6 Å². The Hall–Kier alpha value is -3.40. The third kappa shape index (κ3) is 4.98. The van der Waals surface area contributed by atoms with E-state index in [2.05, 4.69) is 15.2 Å². The summed E-state index contributed by atoms with van der Waals surface area (Å²) in [6.07, 6.45) is 3.60. The highest BCUT2D eigenvalue weighted by Gasteiger charge is 2.45. The van der Waals surface area contributed by atoms with Gasteiger partial charge in [-0.2, -0.15) is 0 Å². The van der Waals surface area contributed by atoms with Crippen LogP contribution in [0.3, 0.4) is 0 Å². The van der Waals surface area contributed by atoms with Gasteiger partial charge in [0.1, 0.15) is 21.1 Å². The first-order valence-electron chi connectivity index (χ1n) is 14.0. The molecular weight excluding hydrogens is 529 g/mol. The van der Waals surface area contributed by atoms with Gasteiger partial charge in [0.25, 0.3) is 5.91 Å². The number of aryl methyl sites for hydroxylation is 2. The van der Waals surface area contributed by atoms with E-state index in [1.807, 2.05) is 50.8 Å². The van der Waals surface area contributed by atoms with Gasteiger partial charge in [0.05, 0.1) is 23.5 Å². The lowest BCUT2D eigenvalue weighted by Gasteiger charge is -2.42. The van der Waals surface area contributed by atoms with Crippen LogP contribution in [0.25, 0.3) is 10.2 Å². The third-order valence-electron chi connectivity index (χ3n) is 8.20.